The standard InChI is InChI=1S/C27H33NO14/c1-14(19(40-17(4)30)15(2)12-18-8-6-5-7-9-18)10-11-26(22(28)33)41-20(21(31)32)27(38,24(36)37)25(42-26,23(34)35)13-39-16(3)29/h5-9,15,19-20,38H,1,10-13H2,2-4H3,(H2,28,33)(H,31,32)(H,34,35)(H,36,37)/t15-,19-,20-,25+,26+,27-/m1/s1. The molecule has 0 bridgehead atoms. The number of aliphatic carboxylic acids is 3. The fraction of sp³-hybridized carbons (Fsp3) is 0.481. The first-order valence-corrected chi connectivity index (χ1v) is 12.6. The van der Waals surface area contributed by atoms with E-state index in [1.165, 1.54) is 0 Å². The van der Waals surface area contributed by atoms with Gasteiger partial charge in [-0.1, -0.05) is 43.8 Å². The lowest BCUT2D eigenvalue weighted by molar-refractivity contribution is -0.380. The minimum Gasteiger partial charge on any atom is -0.479 e. The van der Waals surface area contributed by atoms with Crippen molar-refractivity contribution in [2.45, 2.75) is 69.2 Å². The zero-order valence-corrected chi connectivity index (χ0v) is 23.1. The molecular weight excluding hydrogens is 562 g/mol. The molecule has 1 aromatic carbocycles. The highest BCUT2D eigenvalue weighted by Crippen LogP contribution is 2.45. The number of carbonyl (C=O) groups excluding carboxylic acids is 3. The molecule has 42 heavy (non-hydrogen) atoms. The van der Waals surface area contributed by atoms with Crippen molar-refractivity contribution >= 4 is 35.8 Å². The zero-order valence-electron chi connectivity index (χ0n) is 23.1. The molecule has 0 aromatic heterocycles. The van der Waals surface area contributed by atoms with Crippen LogP contribution in [-0.2, 0) is 54.1 Å². The summed E-state index contributed by atoms with van der Waals surface area (Å²) in [7, 11) is 0. The maximum Gasteiger partial charge on any atom is 0.343 e. The molecule has 6 N–H and O–H groups in total. The van der Waals surface area contributed by atoms with Crippen LogP contribution in [0.4, 0.5) is 0 Å². The van der Waals surface area contributed by atoms with E-state index in [9.17, 15) is 49.2 Å². The number of carboxylic acids is 3. The van der Waals surface area contributed by atoms with Crippen molar-refractivity contribution in [3.8, 4) is 0 Å². The molecule has 0 spiro atoms. The molecule has 1 heterocycles. The molecule has 1 amide bonds. The summed E-state index contributed by atoms with van der Waals surface area (Å²) < 4.78 is 20.6. The molecule has 1 aliphatic rings. The van der Waals surface area contributed by atoms with Crippen LogP contribution in [-0.4, -0.2) is 92.0 Å². The average Bonchev–Trinajstić information content (AvgIpc) is 2.90. The molecule has 1 fully saturated rings. The smallest absolute Gasteiger partial charge is 0.343 e. The van der Waals surface area contributed by atoms with E-state index in [-0.39, 0.29) is 17.9 Å². The van der Waals surface area contributed by atoms with Gasteiger partial charge in [-0.25, -0.2) is 14.4 Å². The van der Waals surface area contributed by atoms with Crippen LogP contribution < -0.4 is 5.73 Å². The predicted molar refractivity (Wildman–Crippen MR) is 138 cm³/mol. The number of hydrogen-bond donors (Lipinski definition) is 5. The third-order valence-corrected chi connectivity index (χ3v) is 6.78. The summed E-state index contributed by atoms with van der Waals surface area (Å²) in [6.45, 7) is 6.09. The lowest BCUT2D eigenvalue weighted by atomic mass is 9.76. The molecular formula is C27H33NO14. The summed E-state index contributed by atoms with van der Waals surface area (Å²) >= 11 is 0. The van der Waals surface area contributed by atoms with E-state index in [1.807, 2.05) is 30.3 Å². The third kappa shape index (κ3) is 6.75. The molecule has 6 atom stereocenters. The average molecular weight is 596 g/mol. The lowest BCUT2D eigenvalue weighted by Gasteiger charge is -2.52. The monoisotopic (exact) mass is 595 g/mol. The van der Waals surface area contributed by atoms with Crippen molar-refractivity contribution in [3.05, 3.63) is 48.0 Å². The highest BCUT2D eigenvalue weighted by atomic mass is 16.8. The summed E-state index contributed by atoms with van der Waals surface area (Å²) in [5, 5.41) is 40.6. The Morgan fingerprint density at radius 2 is 1.62 bits per heavy atom. The number of carboxylic acid groups (broad SMARTS) is 3. The fourth-order valence-electron chi connectivity index (χ4n) is 4.68. The molecule has 0 saturated carbocycles. The van der Waals surface area contributed by atoms with Gasteiger partial charge in [-0.2, -0.15) is 0 Å². The van der Waals surface area contributed by atoms with E-state index >= 15 is 0 Å². The van der Waals surface area contributed by atoms with Crippen LogP contribution in [0.2, 0.25) is 0 Å². The molecule has 0 aliphatic carbocycles. The molecule has 15 heteroatoms. The number of ether oxygens (including phenoxy) is 4. The Hall–Kier alpha value is -4.34. The number of rotatable bonds is 14. The number of amides is 1. The molecule has 1 aliphatic heterocycles. The quantitative estimate of drug-likeness (QED) is 0.141. The first-order valence-electron chi connectivity index (χ1n) is 12.6. The van der Waals surface area contributed by atoms with E-state index < -0.39 is 78.0 Å². The Bertz CT molecular complexity index is 1250. The van der Waals surface area contributed by atoms with Gasteiger partial charge >= 0.3 is 29.8 Å². The van der Waals surface area contributed by atoms with Crippen LogP contribution in [0.5, 0.6) is 0 Å². The van der Waals surface area contributed by atoms with Crippen molar-refractivity contribution in [2.75, 3.05) is 6.61 Å². The predicted octanol–water partition coefficient (Wildman–Crippen LogP) is 0.0171. The van der Waals surface area contributed by atoms with E-state index in [4.69, 9.17) is 19.9 Å². The van der Waals surface area contributed by atoms with Gasteiger partial charge < -0.3 is 45.1 Å². The van der Waals surface area contributed by atoms with Gasteiger partial charge in [0, 0.05) is 26.2 Å². The number of aliphatic hydroxyl groups is 1. The maximum atomic E-state index is 12.7. The summed E-state index contributed by atoms with van der Waals surface area (Å²) in [4.78, 5) is 73.0. The Morgan fingerprint density at radius 3 is 2.07 bits per heavy atom. The summed E-state index contributed by atoms with van der Waals surface area (Å²) in [6, 6.07) is 9.14. The number of esters is 2. The van der Waals surface area contributed by atoms with Crippen molar-refractivity contribution < 1.29 is 68.1 Å². The number of benzene rings is 1. The molecule has 1 aromatic rings. The van der Waals surface area contributed by atoms with E-state index in [1.54, 1.807) is 6.92 Å². The Balaban J connectivity index is 2.55. The van der Waals surface area contributed by atoms with Crippen molar-refractivity contribution in [1.29, 1.82) is 0 Å². The van der Waals surface area contributed by atoms with Gasteiger partial charge in [-0.15, -0.1) is 0 Å². The second-order valence-corrected chi connectivity index (χ2v) is 9.89. The number of nitrogens with two attached hydrogens (primary N) is 1. The topological polar surface area (TPSA) is 246 Å². The molecule has 1 saturated heterocycles. The van der Waals surface area contributed by atoms with E-state index in [2.05, 4.69) is 11.3 Å². The van der Waals surface area contributed by atoms with Crippen LogP contribution in [0, 0.1) is 5.92 Å². The summed E-state index contributed by atoms with van der Waals surface area (Å²) in [6.07, 6.45) is -4.64. The first kappa shape index (κ1) is 33.9. The minimum atomic E-state index is -3.93. The molecule has 0 unspecified atom stereocenters. The fourth-order valence-corrected chi connectivity index (χ4v) is 4.68. The van der Waals surface area contributed by atoms with Crippen LogP contribution in [0.3, 0.4) is 0 Å². The molecule has 2 rings (SSSR count). The van der Waals surface area contributed by atoms with Crippen molar-refractivity contribution in [3.63, 3.8) is 0 Å². The normalized spacial score (nSPS) is 26.7. The highest BCUT2D eigenvalue weighted by Gasteiger charge is 2.77. The van der Waals surface area contributed by atoms with Crippen LogP contribution in [0.15, 0.2) is 42.5 Å². The van der Waals surface area contributed by atoms with Gasteiger partial charge in [0.2, 0.25) is 17.3 Å². The molecule has 230 valence electrons. The summed E-state index contributed by atoms with van der Waals surface area (Å²) in [5.41, 5.74) is -0.984. The second-order valence-electron chi connectivity index (χ2n) is 9.89. The Labute approximate surface area is 239 Å². The maximum absolute atomic E-state index is 12.7. The first-order chi connectivity index (χ1) is 19.4. The Kier molecular flexibility index (Phi) is 10.6. The largest absolute Gasteiger partial charge is 0.479 e. The van der Waals surface area contributed by atoms with Crippen LogP contribution >= 0.6 is 0 Å². The van der Waals surface area contributed by atoms with Gasteiger partial charge in [0.05, 0.1) is 0 Å². The third-order valence-electron chi connectivity index (χ3n) is 6.78. The zero-order chi connectivity index (χ0) is 32.0. The van der Waals surface area contributed by atoms with E-state index in [0.717, 1.165) is 19.4 Å². The van der Waals surface area contributed by atoms with Gasteiger partial charge in [0.25, 0.3) is 11.7 Å². The SMILES string of the molecule is C=C(CC[C@]1(C(N)=O)O[C@H](C(=O)O)[C@@](O)(C(=O)O)[C@](COC(C)=O)(C(=O)O)O1)[C@@H](OC(C)=O)[C@H](C)Cc1ccccc1. The minimum absolute atomic E-state index is 0.160. The Morgan fingerprint density at radius 1 is 1.02 bits per heavy atom. The van der Waals surface area contributed by atoms with Crippen LogP contribution in [0.25, 0.3) is 0 Å². The lowest BCUT2D eigenvalue weighted by Crippen LogP contribution is -2.81. The number of carbonyl (C=O) groups is 6. The van der Waals surface area contributed by atoms with Gasteiger partial charge in [-0.05, 0) is 24.0 Å². The number of hydrogen-bond acceptors (Lipinski definition) is 11. The van der Waals surface area contributed by atoms with Crippen molar-refractivity contribution in [2.24, 2.45) is 11.7 Å². The van der Waals surface area contributed by atoms with E-state index in [0.29, 0.717) is 6.42 Å². The van der Waals surface area contributed by atoms with Gasteiger partial charge in [-0.3, -0.25) is 14.4 Å². The highest BCUT2D eigenvalue weighted by molar-refractivity contribution is 5.98. The van der Waals surface area contributed by atoms with Gasteiger partial charge in [0.1, 0.15) is 12.7 Å². The van der Waals surface area contributed by atoms with Crippen molar-refractivity contribution in [1.82, 2.24) is 0 Å². The second kappa shape index (κ2) is 13.1. The van der Waals surface area contributed by atoms with Gasteiger partial charge in [0.15, 0.2) is 0 Å². The molecule has 0 radical (unpaired) electrons. The van der Waals surface area contributed by atoms with Crippen LogP contribution in [0.1, 0.15) is 39.2 Å². The summed E-state index contributed by atoms with van der Waals surface area (Å²) in [5.74, 6) is -13.7. The molecule has 15 nitrogen and oxygen atoms in total. The number of primary amides is 1.